The number of hydrogen-bond donors (Lipinski definition) is 1. The molecule has 0 bridgehead atoms. The van der Waals surface area contributed by atoms with Crippen molar-refractivity contribution < 1.29 is 9.47 Å². The molecule has 2 rings (SSSR count). The molecule has 4 heteroatoms. The van der Waals surface area contributed by atoms with E-state index in [1.54, 1.807) is 14.2 Å². The van der Waals surface area contributed by atoms with Crippen LogP contribution in [0.15, 0.2) is 16.6 Å². The molecule has 18 heavy (non-hydrogen) atoms. The van der Waals surface area contributed by atoms with Crippen molar-refractivity contribution in [3.63, 3.8) is 0 Å². The number of methoxy groups -OCH3 is 2. The quantitative estimate of drug-likeness (QED) is 0.928. The molecule has 0 unspecified atom stereocenters. The first kappa shape index (κ1) is 13.7. The summed E-state index contributed by atoms with van der Waals surface area (Å²) in [5.41, 5.74) is 7.40. The molecular weight excluding hydrogens is 294 g/mol. The standard InChI is InChI=1S/C14H20BrNO2/c1-17-12-8-10(7-11(15)13(12)18-2)14(9-16)5-3-4-6-14/h7-8H,3-6,9,16H2,1-2H3. The first-order valence-electron chi connectivity index (χ1n) is 6.29. The highest BCUT2D eigenvalue weighted by Gasteiger charge is 2.35. The van der Waals surface area contributed by atoms with Gasteiger partial charge in [0.05, 0.1) is 18.7 Å². The number of benzene rings is 1. The van der Waals surface area contributed by atoms with Gasteiger partial charge in [0.1, 0.15) is 0 Å². The summed E-state index contributed by atoms with van der Waals surface area (Å²) in [4.78, 5) is 0. The Kier molecular flexibility index (Phi) is 4.17. The third kappa shape index (κ3) is 2.24. The van der Waals surface area contributed by atoms with Crippen LogP contribution in [-0.4, -0.2) is 20.8 Å². The van der Waals surface area contributed by atoms with E-state index >= 15 is 0 Å². The lowest BCUT2D eigenvalue weighted by Crippen LogP contribution is -2.32. The van der Waals surface area contributed by atoms with Crippen LogP contribution in [0.2, 0.25) is 0 Å². The molecule has 1 aliphatic rings. The minimum Gasteiger partial charge on any atom is -0.493 e. The Morgan fingerprint density at radius 1 is 1.22 bits per heavy atom. The zero-order chi connectivity index (χ0) is 13.2. The van der Waals surface area contributed by atoms with E-state index in [0.717, 1.165) is 28.8 Å². The van der Waals surface area contributed by atoms with Crippen molar-refractivity contribution in [2.24, 2.45) is 5.73 Å². The number of ether oxygens (including phenoxy) is 2. The van der Waals surface area contributed by atoms with Crippen LogP contribution in [0.25, 0.3) is 0 Å². The maximum Gasteiger partial charge on any atom is 0.174 e. The predicted octanol–water partition coefficient (Wildman–Crippen LogP) is 3.24. The Morgan fingerprint density at radius 3 is 2.39 bits per heavy atom. The summed E-state index contributed by atoms with van der Waals surface area (Å²) >= 11 is 3.55. The topological polar surface area (TPSA) is 44.5 Å². The van der Waals surface area contributed by atoms with Crippen molar-refractivity contribution in [1.82, 2.24) is 0 Å². The van der Waals surface area contributed by atoms with Crippen molar-refractivity contribution in [2.45, 2.75) is 31.1 Å². The van der Waals surface area contributed by atoms with Crippen LogP contribution in [0.4, 0.5) is 0 Å². The van der Waals surface area contributed by atoms with Gasteiger partial charge in [-0.15, -0.1) is 0 Å². The summed E-state index contributed by atoms with van der Waals surface area (Å²) < 4.78 is 11.7. The van der Waals surface area contributed by atoms with Gasteiger partial charge < -0.3 is 15.2 Å². The van der Waals surface area contributed by atoms with Crippen molar-refractivity contribution in [1.29, 1.82) is 0 Å². The Hall–Kier alpha value is -0.740. The molecule has 1 saturated carbocycles. The van der Waals surface area contributed by atoms with Crippen LogP contribution in [0.1, 0.15) is 31.2 Å². The van der Waals surface area contributed by atoms with Gasteiger partial charge in [-0.3, -0.25) is 0 Å². The molecule has 0 aromatic heterocycles. The van der Waals surface area contributed by atoms with Gasteiger partial charge in [0.15, 0.2) is 11.5 Å². The minimum absolute atomic E-state index is 0.113. The number of rotatable bonds is 4. The lowest BCUT2D eigenvalue weighted by molar-refractivity contribution is 0.350. The van der Waals surface area contributed by atoms with E-state index in [1.807, 2.05) is 0 Å². The van der Waals surface area contributed by atoms with Crippen molar-refractivity contribution in [2.75, 3.05) is 20.8 Å². The highest BCUT2D eigenvalue weighted by Crippen LogP contribution is 2.45. The highest BCUT2D eigenvalue weighted by molar-refractivity contribution is 9.10. The summed E-state index contributed by atoms with van der Waals surface area (Å²) in [7, 11) is 3.31. The second-order valence-corrected chi connectivity index (χ2v) is 5.74. The molecule has 1 aromatic rings. The molecule has 0 heterocycles. The largest absolute Gasteiger partial charge is 0.493 e. The van der Waals surface area contributed by atoms with Crippen LogP contribution in [0.5, 0.6) is 11.5 Å². The van der Waals surface area contributed by atoms with Gasteiger partial charge in [0.25, 0.3) is 0 Å². The fourth-order valence-electron chi connectivity index (χ4n) is 2.89. The van der Waals surface area contributed by atoms with Crippen LogP contribution in [0.3, 0.4) is 0 Å². The van der Waals surface area contributed by atoms with Gasteiger partial charge in [-0.25, -0.2) is 0 Å². The van der Waals surface area contributed by atoms with Gasteiger partial charge >= 0.3 is 0 Å². The monoisotopic (exact) mass is 313 g/mol. The second kappa shape index (κ2) is 5.49. The SMILES string of the molecule is COc1cc(C2(CN)CCCC2)cc(Br)c1OC. The van der Waals surface area contributed by atoms with Crippen LogP contribution < -0.4 is 15.2 Å². The number of nitrogens with two attached hydrogens (primary N) is 1. The molecule has 2 N–H and O–H groups in total. The average molecular weight is 314 g/mol. The van der Waals surface area contributed by atoms with Crippen LogP contribution in [0, 0.1) is 0 Å². The fourth-order valence-corrected chi connectivity index (χ4v) is 3.49. The minimum atomic E-state index is 0.113. The van der Waals surface area contributed by atoms with Crippen LogP contribution >= 0.6 is 15.9 Å². The van der Waals surface area contributed by atoms with E-state index in [-0.39, 0.29) is 5.41 Å². The molecule has 0 atom stereocenters. The molecule has 0 aliphatic heterocycles. The highest BCUT2D eigenvalue weighted by atomic mass is 79.9. The summed E-state index contributed by atoms with van der Waals surface area (Å²) in [6.45, 7) is 0.689. The van der Waals surface area contributed by atoms with Crippen molar-refractivity contribution in [3.05, 3.63) is 22.2 Å². The van der Waals surface area contributed by atoms with E-state index in [2.05, 4.69) is 28.1 Å². The first-order valence-corrected chi connectivity index (χ1v) is 7.08. The zero-order valence-electron chi connectivity index (χ0n) is 11.0. The van der Waals surface area contributed by atoms with Gasteiger partial charge in [0, 0.05) is 12.0 Å². The lowest BCUT2D eigenvalue weighted by atomic mass is 9.79. The van der Waals surface area contributed by atoms with Gasteiger partial charge in [-0.2, -0.15) is 0 Å². The zero-order valence-corrected chi connectivity index (χ0v) is 12.5. The first-order chi connectivity index (χ1) is 8.66. The smallest absolute Gasteiger partial charge is 0.174 e. The summed E-state index contributed by atoms with van der Waals surface area (Å²) in [5.74, 6) is 1.51. The molecule has 100 valence electrons. The fraction of sp³-hybridized carbons (Fsp3) is 0.571. The average Bonchev–Trinajstić information content (AvgIpc) is 2.87. The van der Waals surface area contributed by atoms with E-state index in [1.165, 1.54) is 18.4 Å². The Balaban J connectivity index is 2.48. The maximum absolute atomic E-state index is 6.03. The van der Waals surface area contributed by atoms with Gasteiger partial charge in [-0.1, -0.05) is 12.8 Å². The Morgan fingerprint density at radius 2 is 1.89 bits per heavy atom. The van der Waals surface area contributed by atoms with Crippen molar-refractivity contribution in [3.8, 4) is 11.5 Å². The molecule has 1 aromatic carbocycles. The molecule has 0 spiro atoms. The Bertz CT molecular complexity index is 428. The van der Waals surface area contributed by atoms with E-state index < -0.39 is 0 Å². The summed E-state index contributed by atoms with van der Waals surface area (Å²) in [5, 5.41) is 0. The van der Waals surface area contributed by atoms with Gasteiger partial charge in [-0.05, 0) is 46.5 Å². The normalized spacial score (nSPS) is 17.8. The van der Waals surface area contributed by atoms with E-state index in [0.29, 0.717) is 6.54 Å². The molecule has 0 radical (unpaired) electrons. The number of hydrogen-bond acceptors (Lipinski definition) is 3. The second-order valence-electron chi connectivity index (χ2n) is 4.89. The molecule has 1 fully saturated rings. The maximum atomic E-state index is 6.03. The van der Waals surface area contributed by atoms with Gasteiger partial charge in [0.2, 0.25) is 0 Å². The lowest BCUT2D eigenvalue weighted by Gasteiger charge is -2.29. The van der Waals surface area contributed by atoms with E-state index in [9.17, 15) is 0 Å². The molecular formula is C14H20BrNO2. The predicted molar refractivity (Wildman–Crippen MR) is 76.4 cm³/mol. The molecule has 1 aliphatic carbocycles. The number of halogens is 1. The third-order valence-electron chi connectivity index (χ3n) is 4.00. The van der Waals surface area contributed by atoms with Crippen LogP contribution in [-0.2, 0) is 5.41 Å². The summed E-state index contributed by atoms with van der Waals surface area (Å²) in [6.07, 6.45) is 4.82. The molecule has 0 amide bonds. The van der Waals surface area contributed by atoms with Crippen molar-refractivity contribution >= 4 is 15.9 Å². The third-order valence-corrected chi connectivity index (χ3v) is 4.59. The van der Waals surface area contributed by atoms with E-state index in [4.69, 9.17) is 15.2 Å². The molecule has 0 saturated heterocycles. The molecule has 3 nitrogen and oxygen atoms in total. The Labute approximate surface area is 117 Å². The summed E-state index contributed by atoms with van der Waals surface area (Å²) in [6, 6.07) is 4.20.